The van der Waals surface area contributed by atoms with Crippen LogP contribution in [0.4, 0.5) is 0 Å². The summed E-state index contributed by atoms with van der Waals surface area (Å²) >= 11 is 6.23. The lowest BCUT2D eigenvalue weighted by Crippen LogP contribution is -2.07. The summed E-state index contributed by atoms with van der Waals surface area (Å²) in [6, 6.07) is 0. The van der Waals surface area contributed by atoms with Gasteiger partial charge >= 0.3 is 0 Å². The van der Waals surface area contributed by atoms with E-state index in [1.807, 2.05) is 11.5 Å². The topological polar surface area (TPSA) is 20.2 Å². The predicted octanol–water partition coefficient (Wildman–Crippen LogP) is 1.75. The van der Waals surface area contributed by atoms with Crippen molar-refractivity contribution in [1.82, 2.24) is 0 Å². The SMILES string of the molecule is OC(=S)C1C=CSC1. The highest BCUT2D eigenvalue weighted by molar-refractivity contribution is 8.02. The van der Waals surface area contributed by atoms with Gasteiger partial charge in [0.1, 0.15) is 0 Å². The quantitative estimate of drug-likeness (QED) is 0.569. The van der Waals surface area contributed by atoms with Crippen molar-refractivity contribution >= 4 is 29.0 Å². The average molecular weight is 146 g/mol. The first-order valence-corrected chi connectivity index (χ1v) is 3.77. The van der Waals surface area contributed by atoms with E-state index in [-0.39, 0.29) is 11.0 Å². The number of thioether (sulfide) groups is 1. The summed E-state index contributed by atoms with van der Waals surface area (Å²) in [4.78, 5) is 0. The maximum absolute atomic E-state index is 8.72. The van der Waals surface area contributed by atoms with Crippen LogP contribution in [0.5, 0.6) is 0 Å². The first kappa shape index (κ1) is 6.11. The second-order valence-corrected chi connectivity index (χ2v) is 2.96. The highest BCUT2D eigenvalue weighted by atomic mass is 32.2. The molecule has 1 aliphatic heterocycles. The first-order valence-electron chi connectivity index (χ1n) is 2.32. The lowest BCUT2D eigenvalue weighted by Gasteiger charge is -1.98. The van der Waals surface area contributed by atoms with Gasteiger partial charge in [-0.2, -0.15) is 0 Å². The number of aliphatic hydroxyl groups is 1. The predicted molar refractivity (Wildman–Crippen MR) is 40.3 cm³/mol. The van der Waals surface area contributed by atoms with Crippen LogP contribution in [0, 0.1) is 5.92 Å². The molecule has 0 bridgehead atoms. The average Bonchev–Trinajstić information content (AvgIpc) is 2.12. The third-order valence-electron chi connectivity index (χ3n) is 1.00. The molecule has 0 amide bonds. The van der Waals surface area contributed by atoms with E-state index in [0.29, 0.717) is 0 Å². The Labute approximate surface area is 57.8 Å². The molecule has 0 fully saturated rings. The van der Waals surface area contributed by atoms with E-state index >= 15 is 0 Å². The molecule has 44 valence electrons. The number of hydrogen-bond acceptors (Lipinski definition) is 2. The zero-order chi connectivity index (χ0) is 5.98. The minimum Gasteiger partial charge on any atom is -0.502 e. The lowest BCUT2D eigenvalue weighted by atomic mass is 10.2. The summed E-state index contributed by atoms with van der Waals surface area (Å²) in [6.45, 7) is 0. The van der Waals surface area contributed by atoms with Gasteiger partial charge in [0.15, 0.2) is 5.05 Å². The molecule has 0 aliphatic carbocycles. The molecule has 0 aromatic carbocycles. The highest BCUT2D eigenvalue weighted by Crippen LogP contribution is 2.20. The Morgan fingerprint density at radius 3 is 2.88 bits per heavy atom. The van der Waals surface area contributed by atoms with Crippen molar-refractivity contribution in [2.45, 2.75) is 0 Å². The van der Waals surface area contributed by atoms with Crippen LogP contribution >= 0.6 is 24.0 Å². The van der Waals surface area contributed by atoms with Crippen molar-refractivity contribution in [1.29, 1.82) is 0 Å². The van der Waals surface area contributed by atoms with Gasteiger partial charge < -0.3 is 5.11 Å². The zero-order valence-corrected chi connectivity index (χ0v) is 5.84. The van der Waals surface area contributed by atoms with Gasteiger partial charge in [-0.1, -0.05) is 6.08 Å². The van der Waals surface area contributed by atoms with Gasteiger partial charge in [-0.3, -0.25) is 0 Å². The van der Waals surface area contributed by atoms with E-state index in [1.165, 1.54) is 0 Å². The third kappa shape index (κ3) is 1.23. The fraction of sp³-hybridized carbons (Fsp3) is 0.400. The Morgan fingerprint density at radius 2 is 2.62 bits per heavy atom. The van der Waals surface area contributed by atoms with Crippen LogP contribution in [-0.2, 0) is 0 Å². The van der Waals surface area contributed by atoms with Crippen LogP contribution in [0.3, 0.4) is 0 Å². The van der Waals surface area contributed by atoms with Crippen molar-refractivity contribution in [3.05, 3.63) is 11.5 Å². The molecule has 0 aromatic rings. The van der Waals surface area contributed by atoms with E-state index in [9.17, 15) is 0 Å². The van der Waals surface area contributed by atoms with Gasteiger partial charge in [-0.25, -0.2) is 0 Å². The van der Waals surface area contributed by atoms with E-state index in [0.717, 1.165) is 5.75 Å². The molecule has 0 spiro atoms. The van der Waals surface area contributed by atoms with Gasteiger partial charge in [0.2, 0.25) is 0 Å². The van der Waals surface area contributed by atoms with Crippen LogP contribution in [0.2, 0.25) is 0 Å². The fourth-order valence-electron chi connectivity index (χ4n) is 0.519. The first-order chi connectivity index (χ1) is 3.80. The molecule has 8 heavy (non-hydrogen) atoms. The molecule has 1 unspecified atom stereocenters. The largest absolute Gasteiger partial charge is 0.502 e. The molecule has 1 heterocycles. The van der Waals surface area contributed by atoms with Crippen LogP contribution < -0.4 is 0 Å². The number of aliphatic hydroxyl groups excluding tert-OH is 1. The Kier molecular flexibility index (Phi) is 1.91. The minimum atomic E-state index is 0.117. The molecule has 0 saturated carbocycles. The van der Waals surface area contributed by atoms with Crippen LogP contribution in [0.1, 0.15) is 0 Å². The van der Waals surface area contributed by atoms with Gasteiger partial charge in [0, 0.05) is 5.75 Å². The molecule has 3 heteroatoms. The normalized spacial score (nSPS) is 26.2. The second-order valence-electron chi connectivity index (χ2n) is 1.61. The number of hydrogen-bond donors (Lipinski definition) is 1. The second kappa shape index (κ2) is 2.51. The molecule has 0 radical (unpaired) electrons. The fourth-order valence-corrected chi connectivity index (χ4v) is 1.67. The summed E-state index contributed by atoms with van der Waals surface area (Å²) in [5, 5.41) is 10.8. The van der Waals surface area contributed by atoms with Crippen LogP contribution in [0.25, 0.3) is 0 Å². The van der Waals surface area contributed by atoms with Crippen LogP contribution in [-0.4, -0.2) is 15.9 Å². The van der Waals surface area contributed by atoms with Gasteiger partial charge in [-0.15, -0.1) is 11.8 Å². The van der Waals surface area contributed by atoms with Gasteiger partial charge in [-0.05, 0) is 17.6 Å². The van der Waals surface area contributed by atoms with E-state index in [4.69, 9.17) is 5.11 Å². The summed E-state index contributed by atoms with van der Waals surface area (Å²) in [6.07, 6.45) is 1.92. The van der Waals surface area contributed by atoms with E-state index in [2.05, 4.69) is 12.2 Å². The molecule has 0 saturated heterocycles. The third-order valence-corrected chi connectivity index (χ3v) is 2.20. The van der Waals surface area contributed by atoms with Crippen LogP contribution in [0.15, 0.2) is 11.5 Å². The molecular formula is C5H6OS2. The minimum absolute atomic E-state index is 0.117. The Hall–Kier alpha value is -0.0200. The van der Waals surface area contributed by atoms with Crippen molar-refractivity contribution in [2.24, 2.45) is 5.92 Å². The monoisotopic (exact) mass is 146 g/mol. The number of rotatable bonds is 1. The van der Waals surface area contributed by atoms with Crippen molar-refractivity contribution in [3.8, 4) is 0 Å². The molecule has 1 aliphatic rings. The maximum atomic E-state index is 8.72. The van der Waals surface area contributed by atoms with Gasteiger partial charge in [0.25, 0.3) is 0 Å². The Bertz CT molecular complexity index is 130. The van der Waals surface area contributed by atoms with Crippen molar-refractivity contribution in [3.63, 3.8) is 0 Å². The smallest absolute Gasteiger partial charge is 0.164 e. The summed E-state index contributed by atoms with van der Waals surface area (Å²) < 4.78 is 0. The number of thiocarbonyl (C=S) groups is 1. The molecular weight excluding hydrogens is 140 g/mol. The van der Waals surface area contributed by atoms with Gasteiger partial charge in [0.05, 0.1) is 5.92 Å². The standard InChI is InChI=1S/C5H6OS2/c6-5(7)4-1-2-8-3-4/h1-2,4H,3H2,(H,6,7). The molecule has 1 atom stereocenters. The zero-order valence-electron chi connectivity index (χ0n) is 4.20. The molecule has 0 aromatic heterocycles. The molecule has 1 N–H and O–H groups in total. The molecule has 1 nitrogen and oxygen atoms in total. The summed E-state index contributed by atoms with van der Waals surface area (Å²) in [5.41, 5.74) is 0. The lowest BCUT2D eigenvalue weighted by molar-refractivity contribution is 0.536. The van der Waals surface area contributed by atoms with Crippen molar-refractivity contribution in [2.75, 3.05) is 5.75 Å². The maximum Gasteiger partial charge on any atom is 0.164 e. The van der Waals surface area contributed by atoms with Crippen molar-refractivity contribution < 1.29 is 5.11 Å². The van der Waals surface area contributed by atoms with E-state index in [1.54, 1.807) is 11.8 Å². The Morgan fingerprint density at radius 1 is 1.88 bits per heavy atom. The molecule has 1 rings (SSSR count). The Balaban J connectivity index is 2.48. The van der Waals surface area contributed by atoms with E-state index < -0.39 is 0 Å². The summed E-state index contributed by atoms with van der Waals surface area (Å²) in [5.74, 6) is 1.05. The highest BCUT2D eigenvalue weighted by Gasteiger charge is 2.12. The summed E-state index contributed by atoms with van der Waals surface area (Å²) in [7, 11) is 0.